The maximum Gasteiger partial charge on any atom is 0.291 e. The van der Waals surface area contributed by atoms with E-state index in [1.165, 1.54) is 29.3 Å². The summed E-state index contributed by atoms with van der Waals surface area (Å²) in [5, 5.41) is 37.0. The van der Waals surface area contributed by atoms with E-state index in [9.17, 15) is 20.3 Å². The van der Waals surface area contributed by atoms with Gasteiger partial charge >= 0.3 is 0 Å². The Bertz CT molecular complexity index is 723. The maximum atomic E-state index is 11.2. The molecule has 20 heavy (non-hydrogen) atoms. The van der Waals surface area contributed by atoms with Crippen LogP contribution in [0.4, 0.5) is 5.95 Å². The van der Waals surface area contributed by atoms with Crippen molar-refractivity contribution in [2.45, 2.75) is 6.04 Å². The first-order valence-corrected chi connectivity index (χ1v) is 5.60. The number of rotatable bonds is 2. The number of benzene rings is 1. The Morgan fingerprint density at radius 3 is 2.90 bits per heavy atom. The zero-order valence-electron chi connectivity index (χ0n) is 9.96. The van der Waals surface area contributed by atoms with Crippen molar-refractivity contribution in [3.05, 3.63) is 52.1 Å². The van der Waals surface area contributed by atoms with Gasteiger partial charge in [-0.2, -0.15) is 10.1 Å². The van der Waals surface area contributed by atoms with Crippen molar-refractivity contribution in [1.29, 1.82) is 0 Å². The number of hydrogen-bond acceptors (Lipinski definition) is 7. The third-order valence-electron chi connectivity index (χ3n) is 2.97. The van der Waals surface area contributed by atoms with Crippen LogP contribution in [0.3, 0.4) is 0 Å². The van der Waals surface area contributed by atoms with E-state index in [0.717, 1.165) is 6.07 Å². The molecule has 0 saturated carbocycles. The molecule has 9 heteroatoms. The quantitative estimate of drug-likeness (QED) is 0.547. The molecule has 2 aromatic rings. The molecule has 1 unspecified atom stereocenters. The van der Waals surface area contributed by atoms with Crippen molar-refractivity contribution < 1.29 is 15.1 Å². The number of aromatic nitrogens is 3. The number of fused-ring (bicyclic) bond motifs is 1. The Balaban J connectivity index is 2.19. The summed E-state index contributed by atoms with van der Waals surface area (Å²) < 4.78 is 1.30. The van der Waals surface area contributed by atoms with Crippen LogP contribution in [0, 0.1) is 10.1 Å². The Hall–Kier alpha value is -3.10. The van der Waals surface area contributed by atoms with E-state index in [1.54, 1.807) is 0 Å². The summed E-state index contributed by atoms with van der Waals surface area (Å²) in [5.74, 6) is -0.0650. The molecule has 0 radical (unpaired) electrons. The highest BCUT2D eigenvalue weighted by atomic mass is 16.6. The molecule has 0 aliphatic carbocycles. The number of aromatic hydroxyl groups is 2. The minimum absolute atomic E-state index is 0.134. The fraction of sp³-hybridized carbons (Fsp3) is 0.0909. The van der Waals surface area contributed by atoms with Gasteiger partial charge in [0.15, 0.2) is 6.04 Å². The maximum absolute atomic E-state index is 11.2. The Kier molecular flexibility index (Phi) is 2.53. The SMILES string of the molecule is O=[N+]([O-])C1=CNc2ncnn2C1c1ccc(O)cc1O. The molecule has 1 aliphatic heterocycles. The molecule has 1 aromatic heterocycles. The third-order valence-corrected chi connectivity index (χ3v) is 2.97. The third kappa shape index (κ3) is 1.72. The molecule has 0 amide bonds. The van der Waals surface area contributed by atoms with Crippen LogP contribution < -0.4 is 5.32 Å². The van der Waals surface area contributed by atoms with Crippen molar-refractivity contribution >= 4 is 5.95 Å². The fourth-order valence-corrected chi connectivity index (χ4v) is 2.09. The number of phenolic OH excluding ortho intramolecular Hbond substituents is 2. The molecule has 1 aromatic carbocycles. The number of hydrogen-bond donors (Lipinski definition) is 3. The number of phenols is 2. The Morgan fingerprint density at radius 2 is 2.20 bits per heavy atom. The van der Waals surface area contributed by atoms with Crippen molar-refractivity contribution in [3.63, 3.8) is 0 Å². The second-order valence-corrected chi connectivity index (χ2v) is 4.14. The van der Waals surface area contributed by atoms with Gasteiger partial charge in [-0.05, 0) is 12.1 Å². The summed E-state index contributed by atoms with van der Waals surface area (Å²) in [6, 6.07) is 2.93. The van der Waals surface area contributed by atoms with Crippen LogP contribution >= 0.6 is 0 Å². The zero-order valence-corrected chi connectivity index (χ0v) is 9.96. The van der Waals surface area contributed by atoms with E-state index in [1.807, 2.05) is 0 Å². The van der Waals surface area contributed by atoms with E-state index < -0.39 is 11.0 Å². The number of nitro groups is 1. The van der Waals surface area contributed by atoms with Gasteiger partial charge in [0.2, 0.25) is 5.95 Å². The van der Waals surface area contributed by atoms with Gasteiger partial charge in [0.05, 0.1) is 11.1 Å². The van der Waals surface area contributed by atoms with E-state index in [4.69, 9.17) is 0 Å². The first-order chi connectivity index (χ1) is 9.58. The minimum Gasteiger partial charge on any atom is -0.508 e. The van der Waals surface area contributed by atoms with Crippen molar-refractivity contribution in [3.8, 4) is 11.5 Å². The van der Waals surface area contributed by atoms with Crippen molar-refractivity contribution in [2.24, 2.45) is 0 Å². The van der Waals surface area contributed by atoms with Gasteiger partial charge in [-0.1, -0.05) is 0 Å². The summed E-state index contributed by atoms with van der Waals surface area (Å²) >= 11 is 0. The van der Waals surface area contributed by atoms with E-state index in [-0.39, 0.29) is 22.8 Å². The standard InChI is InChI=1S/C11H9N5O4/c17-6-1-2-7(9(18)3-6)10-8(16(19)20)4-12-11-13-5-14-15(10)11/h1-5,10,17-18H,(H,12,13,14). The highest BCUT2D eigenvalue weighted by Gasteiger charge is 2.36. The van der Waals surface area contributed by atoms with Gasteiger partial charge in [0, 0.05) is 11.6 Å². The molecule has 0 fully saturated rings. The van der Waals surface area contributed by atoms with E-state index in [0.29, 0.717) is 5.95 Å². The van der Waals surface area contributed by atoms with E-state index in [2.05, 4.69) is 15.4 Å². The Labute approximate surface area is 112 Å². The summed E-state index contributed by atoms with van der Waals surface area (Å²) in [4.78, 5) is 14.5. The lowest BCUT2D eigenvalue weighted by Crippen LogP contribution is -2.25. The summed E-state index contributed by atoms with van der Waals surface area (Å²) in [5.41, 5.74) is 0.0583. The van der Waals surface area contributed by atoms with Gasteiger partial charge in [-0.3, -0.25) is 10.1 Å². The monoisotopic (exact) mass is 275 g/mol. The molecule has 102 valence electrons. The molecular formula is C11H9N5O4. The van der Waals surface area contributed by atoms with Gasteiger partial charge in [-0.15, -0.1) is 0 Å². The number of anilines is 1. The molecule has 0 bridgehead atoms. The van der Waals surface area contributed by atoms with Gasteiger partial charge in [-0.25, -0.2) is 4.68 Å². The van der Waals surface area contributed by atoms with Crippen molar-refractivity contribution in [2.75, 3.05) is 5.32 Å². The van der Waals surface area contributed by atoms with Gasteiger partial charge < -0.3 is 15.5 Å². The molecule has 0 spiro atoms. The van der Waals surface area contributed by atoms with Crippen molar-refractivity contribution in [1.82, 2.24) is 14.8 Å². The lowest BCUT2D eigenvalue weighted by molar-refractivity contribution is -0.431. The number of allylic oxidation sites excluding steroid dienone is 1. The lowest BCUT2D eigenvalue weighted by Gasteiger charge is -2.21. The normalized spacial score (nSPS) is 17.0. The van der Waals surface area contributed by atoms with Crippen LogP contribution in [0.2, 0.25) is 0 Å². The first kappa shape index (κ1) is 12.0. The summed E-state index contributed by atoms with van der Waals surface area (Å²) in [6.07, 6.45) is 2.46. The smallest absolute Gasteiger partial charge is 0.291 e. The highest BCUT2D eigenvalue weighted by molar-refractivity contribution is 5.47. The lowest BCUT2D eigenvalue weighted by atomic mass is 10.0. The highest BCUT2D eigenvalue weighted by Crippen LogP contribution is 2.37. The predicted molar refractivity (Wildman–Crippen MR) is 66.6 cm³/mol. The van der Waals surface area contributed by atoms with E-state index >= 15 is 0 Å². The molecule has 1 aliphatic rings. The number of nitrogens with one attached hydrogen (secondary N) is 1. The zero-order chi connectivity index (χ0) is 14.3. The van der Waals surface area contributed by atoms with Crippen LogP contribution in [0.5, 0.6) is 11.5 Å². The predicted octanol–water partition coefficient (Wildman–Crippen LogP) is 0.822. The average molecular weight is 275 g/mol. The molecule has 2 heterocycles. The topological polar surface area (TPSA) is 126 Å². The first-order valence-electron chi connectivity index (χ1n) is 5.60. The van der Waals surface area contributed by atoms with Gasteiger partial charge in [0.25, 0.3) is 5.70 Å². The average Bonchev–Trinajstić information content (AvgIpc) is 2.86. The second kappa shape index (κ2) is 4.23. The molecule has 1 atom stereocenters. The fourth-order valence-electron chi connectivity index (χ4n) is 2.09. The van der Waals surface area contributed by atoms with Gasteiger partial charge in [0.1, 0.15) is 17.8 Å². The largest absolute Gasteiger partial charge is 0.508 e. The molecular weight excluding hydrogens is 266 g/mol. The molecule has 9 nitrogen and oxygen atoms in total. The summed E-state index contributed by atoms with van der Waals surface area (Å²) in [6.45, 7) is 0. The number of nitrogens with zero attached hydrogens (tertiary/aromatic N) is 4. The van der Waals surface area contributed by atoms with Crippen LogP contribution in [-0.4, -0.2) is 29.9 Å². The molecule has 3 rings (SSSR count). The van der Waals surface area contributed by atoms with Crippen LogP contribution in [0.25, 0.3) is 0 Å². The van der Waals surface area contributed by atoms with Crippen LogP contribution in [0.1, 0.15) is 11.6 Å². The second-order valence-electron chi connectivity index (χ2n) is 4.14. The molecule has 0 saturated heterocycles. The Morgan fingerprint density at radius 1 is 1.40 bits per heavy atom. The van der Waals surface area contributed by atoms with Crippen LogP contribution in [0.15, 0.2) is 36.4 Å². The molecule has 3 N–H and O–H groups in total. The minimum atomic E-state index is -0.927. The summed E-state index contributed by atoms with van der Waals surface area (Å²) in [7, 11) is 0. The van der Waals surface area contributed by atoms with Crippen LogP contribution in [-0.2, 0) is 0 Å².